The third-order valence-electron chi connectivity index (χ3n) is 6.11. The van der Waals surface area contributed by atoms with Gasteiger partial charge >= 0.3 is 0 Å². The van der Waals surface area contributed by atoms with Crippen LogP contribution in [0.25, 0.3) is 0 Å². The summed E-state index contributed by atoms with van der Waals surface area (Å²) in [7, 11) is 0. The van der Waals surface area contributed by atoms with E-state index in [2.05, 4.69) is 15.8 Å². The lowest BCUT2D eigenvalue weighted by molar-refractivity contribution is -0.136. The predicted molar refractivity (Wildman–Crippen MR) is 148 cm³/mol. The van der Waals surface area contributed by atoms with Crippen LogP contribution in [-0.2, 0) is 15.2 Å². The van der Waals surface area contributed by atoms with E-state index in [0.717, 1.165) is 11.1 Å². The summed E-state index contributed by atoms with van der Waals surface area (Å²) >= 11 is 0. The topological polar surface area (TPSA) is 100 Å². The minimum absolute atomic E-state index is 0.161. The van der Waals surface area contributed by atoms with Gasteiger partial charge in [-0.1, -0.05) is 78.9 Å². The molecule has 7 heteroatoms. The molecule has 0 aliphatic heterocycles. The number of aliphatic hydroxyl groups is 1. The molecular weight excluding hydrogens is 478 g/mol. The highest BCUT2D eigenvalue weighted by Crippen LogP contribution is 2.29. The van der Waals surface area contributed by atoms with Crippen molar-refractivity contribution in [2.24, 2.45) is 5.10 Å². The zero-order chi connectivity index (χ0) is 27.0. The fourth-order valence-electron chi connectivity index (χ4n) is 3.88. The van der Waals surface area contributed by atoms with Crippen molar-refractivity contribution < 1.29 is 19.4 Å². The third-order valence-corrected chi connectivity index (χ3v) is 6.11. The number of nitrogens with zero attached hydrogens (tertiary/aromatic N) is 1. The zero-order valence-electron chi connectivity index (χ0n) is 21.2. The van der Waals surface area contributed by atoms with Crippen molar-refractivity contribution in [1.82, 2.24) is 5.43 Å². The van der Waals surface area contributed by atoms with Crippen LogP contribution < -0.4 is 15.5 Å². The number of amides is 2. The summed E-state index contributed by atoms with van der Waals surface area (Å²) < 4.78 is 5.63. The van der Waals surface area contributed by atoms with Gasteiger partial charge < -0.3 is 15.2 Å². The molecule has 0 unspecified atom stereocenters. The van der Waals surface area contributed by atoms with Crippen molar-refractivity contribution >= 4 is 23.7 Å². The Labute approximate surface area is 221 Å². The number of hydrogen-bond acceptors (Lipinski definition) is 5. The Balaban J connectivity index is 1.39. The van der Waals surface area contributed by atoms with E-state index in [4.69, 9.17) is 4.74 Å². The summed E-state index contributed by atoms with van der Waals surface area (Å²) in [6.07, 6.45) is 1.44. The number of carbonyl (C=O) groups excluding carboxylic acids is 2. The van der Waals surface area contributed by atoms with E-state index in [1.54, 1.807) is 72.8 Å². The maximum atomic E-state index is 13.1. The number of hydrogen-bond donors (Lipinski definition) is 3. The third kappa shape index (κ3) is 6.32. The lowest BCUT2D eigenvalue weighted by Gasteiger charge is -2.27. The van der Waals surface area contributed by atoms with Crippen molar-refractivity contribution in [1.29, 1.82) is 0 Å². The molecule has 0 aliphatic rings. The molecule has 0 saturated carbocycles. The second kappa shape index (κ2) is 12.0. The molecule has 4 aromatic carbocycles. The average molecular weight is 508 g/mol. The number of ether oxygens (including phenoxy) is 1. The Kier molecular flexibility index (Phi) is 8.30. The van der Waals surface area contributed by atoms with Gasteiger partial charge in [0.25, 0.3) is 11.8 Å². The van der Waals surface area contributed by atoms with Crippen LogP contribution in [0.5, 0.6) is 5.75 Å². The van der Waals surface area contributed by atoms with Gasteiger partial charge in [0.05, 0.1) is 6.21 Å². The molecule has 38 heavy (non-hydrogen) atoms. The van der Waals surface area contributed by atoms with Crippen LogP contribution >= 0.6 is 0 Å². The first-order valence-electron chi connectivity index (χ1n) is 12.1. The van der Waals surface area contributed by atoms with Gasteiger partial charge in [-0.05, 0) is 65.9 Å². The Bertz CT molecular complexity index is 1400. The van der Waals surface area contributed by atoms with Crippen LogP contribution in [0.15, 0.2) is 108 Å². The van der Waals surface area contributed by atoms with E-state index < -0.39 is 11.5 Å². The van der Waals surface area contributed by atoms with Gasteiger partial charge in [0.15, 0.2) is 12.2 Å². The molecular formula is C31H29N3O4. The van der Waals surface area contributed by atoms with E-state index in [1.165, 1.54) is 6.21 Å². The normalized spacial score (nSPS) is 11.2. The van der Waals surface area contributed by atoms with Crippen molar-refractivity contribution in [3.8, 4) is 5.75 Å². The highest BCUT2D eigenvalue weighted by atomic mass is 16.5. The summed E-state index contributed by atoms with van der Waals surface area (Å²) in [5, 5.41) is 18.3. The van der Waals surface area contributed by atoms with Gasteiger partial charge in [-0.2, -0.15) is 5.10 Å². The average Bonchev–Trinajstić information content (AvgIpc) is 2.94. The second-order valence-electron chi connectivity index (χ2n) is 8.85. The summed E-state index contributed by atoms with van der Waals surface area (Å²) in [6, 6.07) is 30.1. The molecule has 192 valence electrons. The highest BCUT2D eigenvalue weighted by Gasteiger charge is 2.39. The Morgan fingerprint density at radius 1 is 0.842 bits per heavy atom. The minimum atomic E-state index is -1.92. The van der Waals surface area contributed by atoms with Gasteiger partial charge in [0, 0.05) is 5.69 Å². The maximum absolute atomic E-state index is 13.1. The molecule has 0 atom stereocenters. The van der Waals surface area contributed by atoms with E-state index >= 15 is 0 Å². The minimum Gasteiger partial charge on any atom is -0.484 e. The first-order chi connectivity index (χ1) is 18.4. The molecule has 0 spiro atoms. The first-order valence-corrected chi connectivity index (χ1v) is 12.1. The predicted octanol–water partition coefficient (Wildman–Crippen LogP) is 4.71. The molecule has 2 amide bonds. The van der Waals surface area contributed by atoms with Crippen LogP contribution in [0.1, 0.15) is 27.8 Å². The molecule has 4 rings (SSSR count). The monoisotopic (exact) mass is 507 g/mol. The largest absolute Gasteiger partial charge is 0.484 e. The molecule has 0 aliphatic carbocycles. The zero-order valence-corrected chi connectivity index (χ0v) is 21.2. The van der Waals surface area contributed by atoms with E-state index in [-0.39, 0.29) is 12.5 Å². The van der Waals surface area contributed by atoms with Crippen molar-refractivity contribution in [3.05, 3.63) is 131 Å². The highest BCUT2D eigenvalue weighted by molar-refractivity contribution is 5.92. The summed E-state index contributed by atoms with van der Waals surface area (Å²) in [6.45, 7) is 3.84. The molecule has 0 saturated heterocycles. The number of rotatable bonds is 9. The summed E-state index contributed by atoms with van der Waals surface area (Å²) in [5.74, 6) is -0.497. The van der Waals surface area contributed by atoms with Crippen LogP contribution in [0.2, 0.25) is 0 Å². The quantitative estimate of drug-likeness (QED) is 0.226. The molecule has 0 fully saturated rings. The molecule has 4 aromatic rings. The summed E-state index contributed by atoms with van der Waals surface area (Å²) in [4.78, 5) is 25.5. The summed E-state index contributed by atoms with van der Waals surface area (Å²) in [5.41, 5.74) is 4.97. The number of aryl methyl sites for hydroxylation is 2. The number of benzene rings is 4. The Hall–Kier alpha value is -4.75. The second-order valence-corrected chi connectivity index (χ2v) is 8.85. The van der Waals surface area contributed by atoms with E-state index in [0.29, 0.717) is 28.1 Å². The lowest BCUT2D eigenvalue weighted by Crippen LogP contribution is -2.43. The van der Waals surface area contributed by atoms with Crippen LogP contribution in [-0.4, -0.2) is 29.7 Å². The Morgan fingerprint density at radius 2 is 1.50 bits per heavy atom. The standard InChI is InChI=1S/C31H29N3O4/c1-22-16-17-27(18-23(22)2)33-29(35)21-38-28-15-9-10-24(19-28)20-32-34-30(36)31(37,25-11-5-3-6-12-25)26-13-7-4-8-14-26/h3-20,37H,21H2,1-2H3,(H,33,35)(H,34,36)/b32-20-. The molecule has 0 radical (unpaired) electrons. The van der Waals surface area contributed by atoms with Gasteiger partial charge in [-0.3, -0.25) is 9.59 Å². The maximum Gasteiger partial charge on any atom is 0.281 e. The van der Waals surface area contributed by atoms with Gasteiger partial charge in [-0.25, -0.2) is 5.43 Å². The van der Waals surface area contributed by atoms with Crippen LogP contribution in [0.3, 0.4) is 0 Å². The van der Waals surface area contributed by atoms with E-state index in [1.807, 2.05) is 44.2 Å². The fraction of sp³-hybridized carbons (Fsp3) is 0.129. The lowest BCUT2D eigenvalue weighted by atomic mass is 9.85. The molecule has 0 heterocycles. The van der Waals surface area contributed by atoms with E-state index in [9.17, 15) is 14.7 Å². The number of nitrogens with one attached hydrogen (secondary N) is 2. The number of anilines is 1. The first kappa shape index (κ1) is 26.3. The Morgan fingerprint density at radius 3 is 2.13 bits per heavy atom. The molecule has 7 nitrogen and oxygen atoms in total. The molecule has 0 aromatic heterocycles. The van der Waals surface area contributed by atoms with Crippen LogP contribution in [0, 0.1) is 13.8 Å². The van der Waals surface area contributed by atoms with Crippen LogP contribution in [0.4, 0.5) is 5.69 Å². The van der Waals surface area contributed by atoms with Crippen molar-refractivity contribution in [3.63, 3.8) is 0 Å². The number of carbonyl (C=O) groups is 2. The van der Waals surface area contributed by atoms with Gasteiger partial charge in [-0.15, -0.1) is 0 Å². The smallest absolute Gasteiger partial charge is 0.281 e. The van der Waals surface area contributed by atoms with Gasteiger partial charge in [0.2, 0.25) is 0 Å². The SMILES string of the molecule is Cc1ccc(NC(=O)COc2cccc(/C=N\NC(=O)C(O)(c3ccccc3)c3ccccc3)c2)cc1C. The van der Waals surface area contributed by atoms with Crippen molar-refractivity contribution in [2.75, 3.05) is 11.9 Å². The molecule has 3 N–H and O–H groups in total. The number of hydrazone groups is 1. The molecule has 0 bridgehead atoms. The van der Waals surface area contributed by atoms with Crippen molar-refractivity contribution in [2.45, 2.75) is 19.4 Å². The fourth-order valence-corrected chi connectivity index (χ4v) is 3.88. The van der Waals surface area contributed by atoms with Gasteiger partial charge in [0.1, 0.15) is 5.75 Å².